The maximum Gasteiger partial charge on any atom is 0.0637 e. The highest BCUT2D eigenvalue weighted by molar-refractivity contribution is 5.15. The molecule has 6 N–H and O–H groups in total. The van der Waals surface area contributed by atoms with Gasteiger partial charge in [-0.05, 0) is 125 Å². The number of fused-ring (bicyclic) bond motifs is 5. The van der Waals surface area contributed by atoms with Gasteiger partial charge in [-0.3, -0.25) is 0 Å². The summed E-state index contributed by atoms with van der Waals surface area (Å²) >= 11 is 0. The molecule has 4 rings (SSSR count). The fourth-order valence-corrected chi connectivity index (χ4v) is 10.3. The summed E-state index contributed by atoms with van der Waals surface area (Å²) in [7, 11) is 0. The van der Waals surface area contributed by atoms with Crippen molar-refractivity contribution in [3.05, 3.63) is 0 Å². The fraction of sp³-hybridized carbons (Fsp3) is 1.00. The third-order valence-electron chi connectivity index (χ3n) is 12.5. The Hall–Kier alpha value is -0.240. The second-order valence-corrected chi connectivity index (χ2v) is 14.6. The molecule has 0 aromatic heterocycles. The second kappa shape index (κ2) is 15.0. The Morgan fingerprint density at radius 2 is 1.45 bits per heavy atom. The molecule has 0 radical (unpaired) electrons. The first-order valence-electron chi connectivity index (χ1n) is 17.3. The number of hydrogen-bond acceptors (Lipinski definition) is 6. The molecule has 4 aliphatic carbocycles. The van der Waals surface area contributed by atoms with Gasteiger partial charge in [0.1, 0.15) is 0 Å². The van der Waals surface area contributed by atoms with Crippen molar-refractivity contribution >= 4 is 0 Å². The monoisotopic (exact) mass is 564 g/mol. The van der Waals surface area contributed by atoms with Crippen LogP contribution in [0.25, 0.3) is 0 Å². The lowest BCUT2D eigenvalue weighted by Gasteiger charge is -2.65. The van der Waals surface area contributed by atoms with Crippen molar-refractivity contribution in [2.24, 2.45) is 63.5 Å². The summed E-state index contributed by atoms with van der Waals surface area (Å²) < 4.78 is 20.2. The quantitative estimate of drug-likeness (QED) is 0.202. The highest BCUT2D eigenvalue weighted by Crippen LogP contribution is 2.69. The molecule has 6 heteroatoms. The number of hydrogen-bond donors (Lipinski definition) is 3. The van der Waals surface area contributed by atoms with Crippen molar-refractivity contribution in [1.29, 1.82) is 0 Å². The molecule has 0 aromatic carbocycles. The van der Waals surface area contributed by atoms with Gasteiger partial charge in [0.2, 0.25) is 0 Å². The molecule has 40 heavy (non-hydrogen) atoms. The molecule has 0 bridgehead atoms. The van der Waals surface area contributed by atoms with Crippen LogP contribution in [0.5, 0.6) is 0 Å². The Morgan fingerprint density at radius 3 is 2.12 bits per heavy atom. The van der Waals surface area contributed by atoms with Crippen molar-refractivity contribution in [1.82, 2.24) is 0 Å². The van der Waals surface area contributed by atoms with Crippen LogP contribution in [0, 0.1) is 46.3 Å². The number of ether oxygens (including phenoxy) is 3. The zero-order valence-electron chi connectivity index (χ0n) is 26.6. The topological polar surface area (TPSA) is 106 Å². The fourth-order valence-electron chi connectivity index (χ4n) is 10.3. The Labute approximate surface area is 246 Å². The van der Waals surface area contributed by atoms with Crippen molar-refractivity contribution in [3.8, 4) is 0 Å². The third-order valence-corrected chi connectivity index (χ3v) is 12.5. The summed E-state index contributed by atoms with van der Waals surface area (Å²) in [5.41, 5.74) is 18.2. The molecule has 0 spiro atoms. The minimum Gasteiger partial charge on any atom is -0.378 e. The van der Waals surface area contributed by atoms with E-state index in [0.717, 1.165) is 50.9 Å². The summed E-state index contributed by atoms with van der Waals surface area (Å²) in [6, 6.07) is 0. The molecule has 0 saturated heterocycles. The molecule has 234 valence electrons. The van der Waals surface area contributed by atoms with Crippen LogP contribution in [-0.2, 0) is 14.2 Å². The molecular weight excluding hydrogens is 498 g/mol. The molecule has 0 aliphatic heterocycles. The molecule has 4 fully saturated rings. The van der Waals surface area contributed by atoms with Gasteiger partial charge in [0.25, 0.3) is 0 Å². The standard InChI is InChI=1S/C34H65N3O3/c1-5-6-10-24(2)27-11-12-28-32-29(23-31(34(27,28)4)40-20-9-17-37)33(3)14-13-26(38-18-7-15-35)21-25(33)22-30(32)39-19-8-16-36/h24-32H,5-23,35-37H2,1-4H3/t24-,25-,26+,27+,28-,29-,30+,31-,32-,33-,34+/m0/s1. The van der Waals surface area contributed by atoms with E-state index in [0.29, 0.717) is 67.0 Å². The first-order chi connectivity index (χ1) is 19.3. The Morgan fingerprint density at radius 1 is 0.775 bits per heavy atom. The number of rotatable bonds is 16. The van der Waals surface area contributed by atoms with Crippen LogP contribution in [0.1, 0.15) is 111 Å². The first kappa shape index (κ1) is 32.7. The van der Waals surface area contributed by atoms with E-state index < -0.39 is 0 Å². The molecular formula is C34H65N3O3. The minimum atomic E-state index is 0.212. The molecule has 4 aliphatic rings. The van der Waals surface area contributed by atoms with Crippen molar-refractivity contribution in [2.75, 3.05) is 39.5 Å². The highest BCUT2D eigenvalue weighted by atomic mass is 16.5. The molecule has 6 nitrogen and oxygen atoms in total. The van der Waals surface area contributed by atoms with Crippen molar-refractivity contribution < 1.29 is 14.2 Å². The minimum absolute atomic E-state index is 0.212. The van der Waals surface area contributed by atoms with Crippen LogP contribution >= 0.6 is 0 Å². The average Bonchev–Trinajstić information content (AvgIpc) is 3.31. The lowest BCUT2D eigenvalue weighted by molar-refractivity contribution is -0.227. The molecule has 0 aromatic rings. The van der Waals surface area contributed by atoms with Gasteiger partial charge in [-0.15, -0.1) is 0 Å². The maximum absolute atomic E-state index is 6.95. The smallest absolute Gasteiger partial charge is 0.0637 e. The molecule has 11 atom stereocenters. The molecule has 0 amide bonds. The Bertz CT molecular complexity index is 754. The van der Waals surface area contributed by atoms with E-state index >= 15 is 0 Å². The largest absolute Gasteiger partial charge is 0.378 e. The van der Waals surface area contributed by atoms with E-state index in [1.807, 2.05) is 0 Å². The lowest BCUT2D eigenvalue weighted by Crippen LogP contribution is -2.63. The van der Waals surface area contributed by atoms with Crippen LogP contribution in [0.2, 0.25) is 0 Å². The number of nitrogens with two attached hydrogens (primary N) is 3. The molecule has 4 saturated carbocycles. The Kier molecular flexibility index (Phi) is 12.2. The van der Waals surface area contributed by atoms with Crippen LogP contribution in [-0.4, -0.2) is 57.8 Å². The van der Waals surface area contributed by atoms with Gasteiger partial charge in [0.15, 0.2) is 0 Å². The van der Waals surface area contributed by atoms with Gasteiger partial charge in [-0.2, -0.15) is 0 Å². The van der Waals surface area contributed by atoms with E-state index in [1.54, 1.807) is 0 Å². The third kappa shape index (κ3) is 6.63. The van der Waals surface area contributed by atoms with Gasteiger partial charge in [0, 0.05) is 25.2 Å². The number of unbranched alkanes of at least 4 members (excludes halogenated alkanes) is 1. The van der Waals surface area contributed by atoms with Gasteiger partial charge >= 0.3 is 0 Å². The normalized spacial score (nSPS) is 41.8. The molecule has 0 unspecified atom stereocenters. The van der Waals surface area contributed by atoms with E-state index in [1.165, 1.54) is 64.2 Å². The molecule has 0 heterocycles. The van der Waals surface area contributed by atoms with Crippen LogP contribution in [0.4, 0.5) is 0 Å². The van der Waals surface area contributed by atoms with Crippen molar-refractivity contribution in [2.45, 2.75) is 129 Å². The summed E-state index contributed by atoms with van der Waals surface area (Å²) in [6.07, 6.45) is 16.5. The first-order valence-corrected chi connectivity index (χ1v) is 17.3. The van der Waals surface area contributed by atoms with Crippen molar-refractivity contribution in [3.63, 3.8) is 0 Å². The zero-order valence-corrected chi connectivity index (χ0v) is 26.6. The summed E-state index contributed by atoms with van der Waals surface area (Å²) in [4.78, 5) is 0. The van der Waals surface area contributed by atoms with Crippen LogP contribution < -0.4 is 17.2 Å². The average molecular weight is 564 g/mol. The van der Waals surface area contributed by atoms with E-state index in [4.69, 9.17) is 31.4 Å². The lowest BCUT2D eigenvalue weighted by atomic mass is 9.43. The summed E-state index contributed by atoms with van der Waals surface area (Å²) in [5.74, 6) is 4.05. The maximum atomic E-state index is 6.95. The highest BCUT2D eigenvalue weighted by Gasteiger charge is 2.66. The van der Waals surface area contributed by atoms with Gasteiger partial charge in [-0.25, -0.2) is 0 Å². The van der Waals surface area contributed by atoms with E-state index in [9.17, 15) is 0 Å². The predicted octanol–water partition coefficient (Wildman–Crippen LogP) is 5.89. The van der Waals surface area contributed by atoms with E-state index in [2.05, 4.69) is 27.7 Å². The van der Waals surface area contributed by atoms with Gasteiger partial charge < -0.3 is 31.4 Å². The van der Waals surface area contributed by atoms with Gasteiger partial charge in [-0.1, -0.05) is 47.0 Å². The predicted molar refractivity (Wildman–Crippen MR) is 165 cm³/mol. The summed E-state index contributed by atoms with van der Waals surface area (Å²) in [5, 5.41) is 0. The Balaban J connectivity index is 1.64. The summed E-state index contributed by atoms with van der Waals surface area (Å²) in [6.45, 7) is 14.6. The SMILES string of the molecule is CCCC[C@H](C)[C@H]1CC[C@H]2[C@@H]3[C@H](OCCCN)C[C@@H]4C[C@H](OCCCN)CC[C@]4(C)[C@H]3C[C@H](OCCCN)[C@]12C. The van der Waals surface area contributed by atoms with Crippen LogP contribution in [0.15, 0.2) is 0 Å². The van der Waals surface area contributed by atoms with Gasteiger partial charge in [0.05, 0.1) is 18.3 Å². The van der Waals surface area contributed by atoms with Crippen LogP contribution in [0.3, 0.4) is 0 Å². The second-order valence-electron chi connectivity index (χ2n) is 14.6. The zero-order chi connectivity index (χ0) is 28.8. The van der Waals surface area contributed by atoms with E-state index in [-0.39, 0.29) is 5.41 Å².